The van der Waals surface area contributed by atoms with E-state index in [-0.39, 0.29) is 6.07 Å². The number of nitrogens with zero attached hydrogens (tertiary/aromatic N) is 1. The van der Waals surface area contributed by atoms with Gasteiger partial charge in [-0.2, -0.15) is 5.26 Å². The molecule has 0 spiro atoms. The van der Waals surface area contributed by atoms with Crippen molar-refractivity contribution in [2.45, 2.75) is 0 Å². The molecule has 94 valence electrons. The predicted octanol–water partition coefficient (Wildman–Crippen LogP) is 1.65. The van der Waals surface area contributed by atoms with Crippen LogP contribution in [0.1, 0.15) is 10.4 Å². The number of carbonyl (C=O) groups excluding carboxylic acids is 1. The molecule has 1 unspecified atom stereocenters. The molecule has 0 aliphatic carbocycles. The van der Waals surface area contributed by atoms with E-state index in [1.165, 1.54) is 0 Å². The van der Waals surface area contributed by atoms with Gasteiger partial charge in [0.25, 0.3) is 0 Å². The monoisotopic (exact) mass is 261 g/mol. The number of benzene rings is 1. The lowest BCUT2D eigenvalue weighted by molar-refractivity contribution is -0.138. The van der Waals surface area contributed by atoms with Crippen LogP contribution in [0.2, 0.25) is 0 Å². The van der Waals surface area contributed by atoms with Gasteiger partial charge in [0.15, 0.2) is 29.1 Å². The van der Waals surface area contributed by atoms with E-state index in [1.54, 1.807) is 0 Å². The van der Waals surface area contributed by atoms with Gasteiger partial charge in [-0.25, -0.2) is 17.6 Å². The number of carbonyl (C=O) groups is 2. The second-order valence-corrected chi connectivity index (χ2v) is 3.11. The number of halogens is 4. The highest BCUT2D eigenvalue weighted by Gasteiger charge is 2.32. The molecule has 0 fully saturated rings. The summed E-state index contributed by atoms with van der Waals surface area (Å²) in [6.45, 7) is 0. The zero-order valence-electron chi connectivity index (χ0n) is 8.38. The average molecular weight is 261 g/mol. The summed E-state index contributed by atoms with van der Waals surface area (Å²) in [6, 6.07) is 1.03. The first-order valence-corrected chi connectivity index (χ1v) is 4.30. The molecule has 0 saturated carbocycles. The number of hydrogen-bond acceptors (Lipinski definition) is 3. The predicted molar refractivity (Wildman–Crippen MR) is 47.3 cm³/mol. The SMILES string of the molecule is N#CC(C(=O)O)C(=O)c1cc(F)c(F)c(F)c1F. The van der Waals surface area contributed by atoms with Crippen molar-refractivity contribution >= 4 is 11.8 Å². The van der Waals surface area contributed by atoms with Crippen LogP contribution in [0.4, 0.5) is 17.6 Å². The Hall–Kier alpha value is -2.43. The van der Waals surface area contributed by atoms with Crippen LogP contribution in [0.5, 0.6) is 0 Å². The second-order valence-electron chi connectivity index (χ2n) is 3.11. The summed E-state index contributed by atoms with van der Waals surface area (Å²) in [4.78, 5) is 21.8. The Morgan fingerprint density at radius 3 is 2.17 bits per heavy atom. The van der Waals surface area contributed by atoms with Crippen molar-refractivity contribution in [2.24, 2.45) is 5.92 Å². The van der Waals surface area contributed by atoms with E-state index in [0.717, 1.165) is 6.07 Å². The van der Waals surface area contributed by atoms with Crippen molar-refractivity contribution in [3.8, 4) is 6.07 Å². The quantitative estimate of drug-likeness (QED) is 0.295. The minimum absolute atomic E-state index is 0.00333. The maximum Gasteiger partial charge on any atom is 0.329 e. The Kier molecular flexibility index (Phi) is 3.66. The molecule has 0 amide bonds. The van der Waals surface area contributed by atoms with Crippen LogP contribution >= 0.6 is 0 Å². The van der Waals surface area contributed by atoms with Gasteiger partial charge >= 0.3 is 5.97 Å². The van der Waals surface area contributed by atoms with Gasteiger partial charge in [-0.05, 0) is 6.07 Å². The van der Waals surface area contributed by atoms with Crippen molar-refractivity contribution in [3.05, 3.63) is 34.9 Å². The molecule has 0 aliphatic heterocycles. The first kappa shape index (κ1) is 13.6. The van der Waals surface area contributed by atoms with Crippen molar-refractivity contribution in [1.29, 1.82) is 5.26 Å². The number of aliphatic carboxylic acids is 1. The Bertz CT molecular complexity index is 579. The van der Waals surface area contributed by atoms with Crippen molar-refractivity contribution in [2.75, 3.05) is 0 Å². The van der Waals surface area contributed by atoms with E-state index in [9.17, 15) is 27.2 Å². The number of carboxylic acids is 1. The van der Waals surface area contributed by atoms with E-state index in [1.807, 2.05) is 0 Å². The highest BCUT2D eigenvalue weighted by atomic mass is 19.2. The molecule has 0 radical (unpaired) electrons. The standard InChI is InChI=1S/C10H3F4NO3/c11-5-1-3(6(12)8(14)7(5)13)9(16)4(2-15)10(17)18/h1,4H,(H,17,18). The molecule has 8 heteroatoms. The lowest BCUT2D eigenvalue weighted by atomic mass is 9.98. The summed E-state index contributed by atoms with van der Waals surface area (Å²) in [5.41, 5.74) is -1.33. The maximum atomic E-state index is 13.1. The first-order chi connectivity index (χ1) is 8.31. The van der Waals surface area contributed by atoms with E-state index in [4.69, 9.17) is 10.4 Å². The third-order valence-corrected chi connectivity index (χ3v) is 2.01. The third-order valence-electron chi connectivity index (χ3n) is 2.01. The molecule has 1 aromatic carbocycles. The minimum Gasteiger partial charge on any atom is -0.480 e. The fraction of sp³-hybridized carbons (Fsp3) is 0.100. The Morgan fingerprint density at radius 2 is 1.72 bits per heavy atom. The summed E-state index contributed by atoms with van der Waals surface area (Å²) in [6.07, 6.45) is 0. The molecule has 0 heterocycles. The van der Waals surface area contributed by atoms with Crippen molar-refractivity contribution in [1.82, 2.24) is 0 Å². The third kappa shape index (κ3) is 2.15. The molecule has 0 saturated heterocycles. The molecular formula is C10H3F4NO3. The zero-order chi connectivity index (χ0) is 14.0. The minimum atomic E-state index is -2.33. The van der Waals surface area contributed by atoms with Crippen LogP contribution in [0.3, 0.4) is 0 Å². The molecule has 1 N–H and O–H groups in total. The van der Waals surface area contributed by atoms with E-state index >= 15 is 0 Å². The smallest absolute Gasteiger partial charge is 0.329 e. The van der Waals surface area contributed by atoms with Crippen molar-refractivity contribution < 1.29 is 32.3 Å². The zero-order valence-corrected chi connectivity index (χ0v) is 8.38. The summed E-state index contributed by atoms with van der Waals surface area (Å²) in [5.74, 6) is -14.2. The molecule has 0 aliphatic rings. The first-order valence-electron chi connectivity index (χ1n) is 4.30. The molecule has 1 aromatic rings. The van der Waals surface area contributed by atoms with Gasteiger partial charge in [0.05, 0.1) is 11.6 Å². The maximum absolute atomic E-state index is 13.1. The number of rotatable bonds is 3. The molecule has 1 atom stereocenters. The van der Waals surface area contributed by atoms with Crippen LogP contribution in [0.15, 0.2) is 6.07 Å². The van der Waals surface area contributed by atoms with Gasteiger partial charge in [-0.15, -0.1) is 0 Å². The molecule has 18 heavy (non-hydrogen) atoms. The fourth-order valence-corrected chi connectivity index (χ4v) is 1.13. The van der Waals surface area contributed by atoms with E-state index in [0.29, 0.717) is 0 Å². The average Bonchev–Trinajstić information content (AvgIpc) is 2.31. The summed E-state index contributed by atoms with van der Waals surface area (Å²) < 4.78 is 51.3. The Labute approximate surface area is 97.1 Å². The van der Waals surface area contributed by atoms with Gasteiger partial charge in [-0.1, -0.05) is 0 Å². The number of nitriles is 1. The number of hydrogen-bond donors (Lipinski definition) is 1. The van der Waals surface area contributed by atoms with Crippen LogP contribution < -0.4 is 0 Å². The van der Waals surface area contributed by atoms with E-state index in [2.05, 4.69) is 0 Å². The van der Waals surface area contributed by atoms with E-state index < -0.39 is 46.5 Å². The fourth-order valence-electron chi connectivity index (χ4n) is 1.13. The highest BCUT2D eigenvalue weighted by molar-refractivity contribution is 6.10. The van der Waals surface area contributed by atoms with Gasteiger partial charge in [0.1, 0.15) is 0 Å². The highest BCUT2D eigenvalue weighted by Crippen LogP contribution is 2.21. The molecular weight excluding hydrogens is 258 g/mol. The molecule has 0 aromatic heterocycles. The topological polar surface area (TPSA) is 78.2 Å². The van der Waals surface area contributed by atoms with Gasteiger partial charge < -0.3 is 5.11 Å². The largest absolute Gasteiger partial charge is 0.480 e. The molecule has 0 bridgehead atoms. The van der Waals surface area contributed by atoms with Crippen LogP contribution in [0.25, 0.3) is 0 Å². The summed E-state index contributed by atoms with van der Waals surface area (Å²) >= 11 is 0. The molecule has 1 rings (SSSR count). The lowest BCUT2D eigenvalue weighted by Gasteiger charge is -2.06. The Morgan fingerprint density at radius 1 is 1.17 bits per heavy atom. The Balaban J connectivity index is 3.40. The van der Waals surface area contributed by atoms with Crippen LogP contribution in [0, 0.1) is 40.5 Å². The lowest BCUT2D eigenvalue weighted by Crippen LogP contribution is -2.24. The van der Waals surface area contributed by atoms with Crippen LogP contribution in [-0.4, -0.2) is 16.9 Å². The number of carboxylic acid groups (broad SMARTS) is 1. The van der Waals surface area contributed by atoms with Crippen LogP contribution in [-0.2, 0) is 4.79 Å². The number of Topliss-reactive ketones (excluding diaryl/α,β-unsaturated/α-hetero) is 1. The second kappa shape index (κ2) is 4.83. The van der Waals surface area contributed by atoms with Gasteiger partial charge in [-0.3, -0.25) is 9.59 Å². The van der Waals surface area contributed by atoms with Gasteiger partial charge in [0.2, 0.25) is 5.92 Å². The summed E-state index contributed by atoms with van der Waals surface area (Å²) in [5, 5.41) is 16.8. The normalized spacial score (nSPS) is 11.7. The molecule has 4 nitrogen and oxygen atoms in total. The summed E-state index contributed by atoms with van der Waals surface area (Å²) in [7, 11) is 0. The van der Waals surface area contributed by atoms with Gasteiger partial charge in [0, 0.05) is 0 Å². The number of ketones is 1. The van der Waals surface area contributed by atoms with Crippen molar-refractivity contribution in [3.63, 3.8) is 0 Å².